The fraction of sp³-hybridized carbons (Fsp3) is 0.846. The summed E-state index contributed by atoms with van der Waals surface area (Å²) >= 11 is 0. The van der Waals surface area contributed by atoms with Crippen LogP contribution in [0.25, 0.3) is 0 Å². The average molecular weight is 237 g/mol. The topological polar surface area (TPSA) is 51.0 Å². The summed E-state index contributed by atoms with van der Waals surface area (Å²) in [4.78, 5) is 4.59. The van der Waals surface area contributed by atoms with Gasteiger partial charge in [0, 0.05) is 5.92 Å². The van der Waals surface area contributed by atoms with E-state index in [0.717, 1.165) is 37.5 Å². The number of aromatic nitrogens is 2. The molecule has 4 nitrogen and oxygen atoms in total. The van der Waals surface area contributed by atoms with Crippen LogP contribution in [0.4, 0.5) is 0 Å². The highest BCUT2D eigenvalue weighted by atomic mass is 16.5. The highest BCUT2D eigenvalue weighted by molar-refractivity contribution is 5.00. The van der Waals surface area contributed by atoms with E-state index in [2.05, 4.69) is 29.3 Å². The highest BCUT2D eigenvalue weighted by Crippen LogP contribution is 2.27. The third-order valence-corrected chi connectivity index (χ3v) is 3.45. The Balaban J connectivity index is 2.03. The van der Waals surface area contributed by atoms with Crippen molar-refractivity contribution in [1.29, 1.82) is 0 Å². The zero-order valence-electron chi connectivity index (χ0n) is 10.9. The number of nitrogens with one attached hydrogen (secondary N) is 1. The summed E-state index contributed by atoms with van der Waals surface area (Å²) < 4.78 is 5.44. The van der Waals surface area contributed by atoms with Crippen LogP contribution in [0, 0.1) is 0 Å². The Morgan fingerprint density at radius 2 is 2.12 bits per heavy atom. The Morgan fingerprint density at radius 1 is 1.35 bits per heavy atom. The molecule has 1 unspecified atom stereocenters. The van der Waals surface area contributed by atoms with Gasteiger partial charge in [-0.2, -0.15) is 4.98 Å². The summed E-state index contributed by atoms with van der Waals surface area (Å²) in [7, 11) is 0. The fourth-order valence-electron chi connectivity index (χ4n) is 2.55. The van der Waals surface area contributed by atoms with Crippen molar-refractivity contribution in [3.63, 3.8) is 0 Å². The third-order valence-electron chi connectivity index (χ3n) is 3.45. The van der Waals surface area contributed by atoms with E-state index in [4.69, 9.17) is 4.52 Å². The Kier molecular flexibility index (Phi) is 4.54. The van der Waals surface area contributed by atoms with Crippen LogP contribution in [0.1, 0.15) is 76.0 Å². The van der Waals surface area contributed by atoms with Crippen LogP contribution in [0.5, 0.6) is 0 Å². The SMILES string of the molecule is CCCC(CCC)c1nc(C2CCCN2)no1. The van der Waals surface area contributed by atoms with Crippen LogP contribution in [-0.4, -0.2) is 16.7 Å². The lowest BCUT2D eigenvalue weighted by Gasteiger charge is -2.09. The van der Waals surface area contributed by atoms with Gasteiger partial charge in [0.1, 0.15) is 0 Å². The van der Waals surface area contributed by atoms with E-state index in [1.54, 1.807) is 0 Å². The average Bonchev–Trinajstić information content (AvgIpc) is 2.99. The van der Waals surface area contributed by atoms with Gasteiger partial charge in [-0.25, -0.2) is 0 Å². The predicted molar refractivity (Wildman–Crippen MR) is 66.8 cm³/mol. The molecule has 1 saturated heterocycles. The highest BCUT2D eigenvalue weighted by Gasteiger charge is 2.24. The van der Waals surface area contributed by atoms with Crippen LogP contribution in [0.2, 0.25) is 0 Å². The van der Waals surface area contributed by atoms with Crippen molar-refractivity contribution >= 4 is 0 Å². The molecule has 1 aliphatic heterocycles. The lowest BCUT2D eigenvalue weighted by Crippen LogP contribution is -2.14. The smallest absolute Gasteiger partial charge is 0.229 e. The minimum atomic E-state index is 0.316. The molecule has 1 N–H and O–H groups in total. The lowest BCUT2D eigenvalue weighted by molar-refractivity contribution is 0.331. The van der Waals surface area contributed by atoms with E-state index in [9.17, 15) is 0 Å². The number of hydrogen-bond acceptors (Lipinski definition) is 4. The molecule has 96 valence electrons. The molecule has 1 aromatic rings. The molecule has 17 heavy (non-hydrogen) atoms. The quantitative estimate of drug-likeness (QED) is 0.825. The van der Waals surface area contributed by atoms with Crippen LogP contribution in [-0.2, 0) is 0 Å². The van der Waals surface area contributed by atoms with E-state index in [1.807, 2.05) is 0 Å². The van der Waals surface area contributed by atoms with Gasteiger partial charge >= 0.3 is 0 Å². The molecule has 0 aliphatic carbocycles. The second-order valence-corrected chi connectivity index (χ2v) is 4.91. The summed E-state index contributed by atoms with van der Waals surface area (Å²) in [6.07, 6.45) is 6.97. The first-order valence-corrected chi connectivity index (χ1v) is 6.92. The summed E-state index contributed by atoms with van der Waals surface area (Å²) in [5.41, 5.74) is 0. The molecule has 0 radical (unpaired) electrons. The van der Waals surface area contributed by atoms with Gasteiger partial charge < -0.3 is 9.84 Å². The Bertz CT molecular complexity index is 325. The second-order valence-electron chi connectivity index (χ2n) is 4.91. The Morgan fingerprint density at radius 3 is 2.71 bits per heavy atom. The van der Waals surface area contributed by atoms with E-state index >= 15 is 0 Å². The Hall–Kier alpha value is -0.900. The molecule has 1 aliphatic rings. The van der Waals surface area contributed by atoms with Crippen molar-refractivity contribution in [2.24, 2.45) is 0 Å². The van der Waals surface area contributed by atoms with Crippen molar-refractivity contribution < 1.29 is 4.52 Å². The third kappa shape index (κ3) is 3.06. The molecule has 0 spiro atoms. The summed E-state index contributed by atoms with van der Waals surface area (Å²) in [5, 5.41) is 7.54. The van der Waals surface area contributed by atoms with E-state index in [0.29, 0.717) is 12.0 Å². The molecule has 0 aromatic carbocycles. The maximum absolute atomic E-state index is 5.44. The van der Waals surface area contributed by atoms with Crippen LogP contribution >= 0.6 is 0 Å². The molecular formula is C13H23N3O. The van der Waals surface area contributed by atoms with Gasteiger partial charge in [0.2, 0.25) is 5.89 Å². The minimum absolute atomic E-state index is 0.316. The first-order valence-electron chi connectivity index (χ1n) is 6.92. The van der Waals surface area contributed by atoms with Gasteiger partial charge in [0.25, 0.3) is 0 Å². The fourth-order valence-corrected chi connectivity index (χ4v) is 2.55. The molecule has 2 heterocycles. The monoisotopic (exact) mass is 237 g/mol. The first-order chi connectivity index (χ1) is 8.35. The van der Waals surface area contributed by atoms with Crippen molar-refractivity contribution in [2.45, 2.75) is 64.3 Å². The molecule has 4 heteroatoms. The molecule has 1 atom stereocenters. The van der Waals surface area contributed by atoms with Crippen LogP contribution in [0.15, 0.2) is 4.52 Å². The molecule has 1 aromatic heterocycles. The van der Waals surface area contributed by atoms with Gasteiger partial charge in [0.15, 0.2) is 5.82 Å². The summed E-state index contributed by atoms with van der Waals surface area (Å²) in [6.45, 7) is 5.48. The number of hydrogen-bond donors (Lipinski definition) is 1. The van der Waals surface area contributed by atoms with Crippen molar-refractivity contribution in [1.82, 2.24) is 15.5 Å². The molecule has 0 bridgehead atoms. The first kappa shape index (κ1) is 12.6. The van der Waals surface area contributed by atoms with Gasteiger partial charge in [-0.15, -0.1) is 0 Å². The zero-order valence-corrected chi connectivity index (χ0v) is 10.9. The maximum atomic E-state index is 5.44. The van der Waals surface area contributed by atoms with Gasteiger partial charge in [0.05, 0.1) is 6.04 Å². The number of rotatable bonds is 6. The maximum Gasteiger partial charge on any atom is 0.229 e. The second kappa shape index (κ2) is 6.15. The van der Waals surface area contributed by atoms with Gasteiger partial charge in [-0.1, -0.05) is 31.8 Å². The van der Waals surface area contributed by atoms with E-state index < -0.39 is 0 Å². The Labute approximate surface area is 103 Å². The van der Waals surface area contributed by atoms with Crippen molar-refractivity contribution in [3.8, 4) is 0 Å². The van der Waals surface area contributed by atoms with Crippen LogP contribution in [0.3, 0.4) is 0 Å². The predicted octanol–water partition coefficient (Wildman–Crippen LogP) is 3.18. The normalized spacial score (nSPS) is 20.3. The minimum Gasteiger partial charge on any atom is -0.339 e. The molecule has 1 fully saturated rings. The van der Waals surface area contributed by atoms with Gasteiger partial charge in [-0.05, 0) is 32.2 Å². The van der Waals surface area contributed by atoms with Crippen molar-refractivity contribution in [3.05, 3.63) is 11.7 Å². The molecule has 0 saturated carbocycles. The van der Waals surface area contributed by atoms with E-state index in [1.165, 1.54) is 19.3 Å². The number of nitrogens with zero attached hydrogens (tertiary/aromatic N) is 2. The zero-order chi connectivity index (χ0) is 12.1. The standard InChI is InChI=1S/C13H23N3O/c1-3-6-10(7-4-2)13-15-12(16-17-13)11-8-5-9-14-11/h10-11,14H,3-9H2,1-2H3. The molecular weight excluding hydrogens is 214 g/mol. The lowest BCUT2D eigenvalue weighted by atomic mass is 9.98. The summed E-state index contributed by atoms with van der Waals surface area (Å²) in [5.74, 6) is 2.15. The van der Waals surface area contributed by atoms with Crippen LogP contribution < -0.4 is 5.32 Å². The molecule has 0 amide bonds. The van der Waals surface area contributed by atoms with Crippen molar-refractivity contribution in [2.75, 3.05) is 6.54 Å². The molecule has 2 rings (SSSR count). The summed E-state index contributed by atoms with van der Waals surface area (Å²) in [6, 6.07) is 0.316. The largest absolute Gasteiger partial charge is 0.339 e. The van der Waals surface area contributed by atoms with E-state index in [-0.39, 0.29) is 0 Å². The van der Waals surface area contributed by atoms with Gasteiger partial charge in [-0.3, -0.25) is 0 Å².